The number of likely N-dealkylation sites (tertiary alicyclic amines) is 1. The van der Waals surface area contributed by atoms with Gasteiger partial charge in [0, 0.05) is 49.1 Å². The second-order valence-corrected chi connectivity index (χ2v) is 8.30. The summed E-state index contributed by atoms with van der Waals surface area (Å²) in [5.41, 5.74) is 1.16. The van der Waals surface area contributed by atoms with Gasteiger partial charge in [-0.15, -0.1) is 0 Å². The third-order valence-corrected chi connectivity index (χ3v) is 5.97. The molecule has 0 bridgehead atoms. The molecule has 2 aromatic heterocycles. The zero-order chi connectivity index (χ0) is 23.6. The Labute approximate surface area is 189 Å². The second kappa shape index (κ2) is 9.22. The van der Waals surface area contributed by atoms with Crippen molar-refractivity contribution in [3.05, 3.63) is 78.3 Å². The summed E-state index contributed by atoms with van der Waals surface area (Å²) >= 11 is 0. The van der Waals surface area contributed by atoms with E-state index in [1.54, 1.807) is 34.7 Å². The molecular weight excluding hydrogens is 435 g/mol. The van der Waals surface area contributed by atoms with Crippen molar-refractivity contribution in [3.8, 4) is 0 Å². The van der Waals surface area contributed by atoms with Crippen molar-refractivity contribution in [1.29, 1.82) is 0 Å². The average Bonchev–Trinajstić information content (AvgIpc) is 3.20. The first-order valence-electron chi connectivity index (χ1n) is 10.6. The van der Waals surface area contributed by atoms with Crippen LogP contribution in [-0.2, 0) is 11.3 Å². The maximum absolute atomic E-state index is 14.6. The minimum absolute atomic E-state index is 0.00500. The van der Waals surface area contributed by atoms with Crippen LogP contribution in [0.5, 0.6) is 0 Å². The summed E-state index contributed by atoms with van der Waals surface area (Å²) < 4.78 is 45.1. The molecular formula is C23H25F3N5O2+. The zero-order valence-electron chi connectivity index (χ0n) is 18.0. The molecule has 3 aromatic rings. The van der Waals surface area contributed by atoms with Crippen molar-refractivity contribution in [2.75, 3.05) is 18.4 Å². The molecule has 4 rings (SSSR count). The fourth-order valence-electron chi connectivity index (χ4n) is 4.04. The van der Waals surface area contributed by atoms with E-state index in [-0.39, 0.29) is 31.2 Å². The number of hydrogen-bond acceptors (Lipinski definition) is 4. The van der Waals surface area contributed by atoms with Gasteiger partial charge in [-0.1, -0.05) is 12.1 Å². The summed E-state index contributed by atoms with van der Waals surface area (Å²) in [6, 6.07) is 8.47. The third kappa shape index (κ3) is 5.33. The topological polar surface area (TPSA) is 74.3 Å². The number of imidazole rings is 1. The number of pyridine rings is 1. The summed E-state index contributed by atoms with van der Waals surface area (Å²) in [6.45, 7) is 2.15. The van der Waals surface area contributed by atoms with Crippen LogP contribution in [0.25, 0.3) is 0 Å². The molecule has 1 aromatic carbocycles. The van der Waals surface area contributed by atoms with Crippen LogP contribution >= 0.6 is 0 Å². The average molecular weight is 460 g/mol. The fraction of sp³-hybridized carbons (Fsp3) is 0.348. The lowest BCUT2D eigenvalue weighted by atomic mass is 9.87. The van der Waals surface area contributed by atoms with Gasteiger partial charge in [0.1, 0.15) is 5.82 Å². The Kier molecular flexibility index (Phi) is 6.37. The van der Waals surface area contributed by atoms with Crippen LogP contribution < -0.4 is 10.0 Å². The first-order valence-corrected chi connectivity index (χ1v) is 10.6. The number of carbonyl (C=O) groups excluding carboxylic acids is 1. The Hall–Kier alpha value is -3.40. The van der Waals surface area contributed by atoms with Gasteiger partial charge in [0.25, 0.3) is 5.92 Å². The lowest BCUT2D eigenvalue weighted by molar-refractivity contribution is -0.904. The molecule has 1 aliphatic heterocycles. The maximum Gasteiger partial charge on any atom is 0.257 e. The normalized spacial score (nSPS) is 19.2. The van der Waals surface area contributed by atoms with Crippen LogP contribution in [0.4, 0.5) is 19.0 Å². The molecule has 1 aliphatic rings. The molecule has 33 heavy (non-hydrogen) atoms. The van der Waals surface area contributed by atoms with Crippen molar-refractivity contribution in [3.63, 3.8) is 0 Å². The Morgan fingerprint density at radius 2 is 2.09 bits per heavy atom. The van der Waals surface area contributed by atoms with E-state index in [4.69, 9.17) is 0 Å². The van der Waals surface area contributed by atoms with Crippen LogP contribution in [-0.4, -0.2) is 50.6 Å². The van der Waals surface area contributed by atoms with Gasteiger partial charge in [-0.25, -0.2) is 18.2 Å². The van der Waals surface area contributed by atoms with Gasteiger partial charge in [0.05, 0.1) is 18.3 Å². The highest BCUT2D eigenvalue weighted by Crippen LogP contribution is 2.40. The molecule has 1 saturated heterocycles. The zero-order valence-corrected chi connectivity index (χ0v) is 18.0. The predicted molar refractivity (Wildman–Crippen MR) is 114 cm³/mol. The van der Waals surface area contributed by atoms with Crippen LogP contribution in [0.15, 0.2) is 61.3 Å². The number of carbonyl (C=O) groups is 1. The molecule has 10 heteroatoms. The molecule has 2 N–H and O–H groups in total. The first kappa shape index (κ1) is 22.8. The number of alkyl halides is 2. The van der Waals surface area contributed by atoms with Gasteiger partial charge in [0.2, 0.25) is 18.3 Å². The van der Waals surface area contributed by atoms with Crippen molar-refractivity contribution < 1.29 is 27.9 Å². The van der Waals surface area contributed by atoms with E-state index in [2.05, 4.69) is 10.3 Å². The molecule has 1 amide bonds. The van der Waals surface area contributed by atoms with Gasteiger partial charge < -0.3 is 9.88 Å². The summed E-state index contributed by atoms with van der Waals surface area (Å²) in [5.74, 6) is -4.35. The molecule has 0 spiro atoms. The second-order valence-electron chi connectivity index (χ2n) is 8.30. The van der Waals surface area contributed by atoms with Crippen molar-refractivity contribution in [2.24, 2.45) is 0 Å². The number of aromatic nitrogens is 3. The van der Waals surface area contributed by atoms with E-state index in [1.807, 2.05) is 0 Å². The lowest BCUT2D eigenvalue weighted by Crippen LogP contribution is -2.52. The molecule has 3 heterocycles. The number of piperidine rings is 1. The minimum Gasteiger partial charge on any atom is -0.331 e. The van der Waals surface area contributed by atoms with Crippen LogP contribution in [0.3, 0.4) is 0 Å². The molecule has 0 unspecified atom stereocenters. The number of hydrogen-bond donors (Lipinski definition) is 2. The SMILES string of the molecule is C[C@@H](C(=O)Nc1cn(Cc2cccc(F)c2)cn1)N1CCC(F)(F)[C@@H](c2cc[n+](O)cc2)C1. The number of halogens is 3. The fourth-order valence-corrected chi connectivity index (χ4v) is 4.04. The molecule has 174 valence electrons. The van der Waals surface area contributed by atoms with Gasteiger partial charge >= 0.3 is 0 Å². The molecule has 0 radical (unpaired) electrons. The Morgan fingerprint density at radius 1 is 1.33 bits per heavy atom. The highest BCUT2D eigenvalue weighted by molar-refractivity contribution is 5.93. The number of nitrogens with zero attached hydrogens (tertiary/aromatic N) is 4. The van der Waals surface area contributed by atoms with Crippen LogP contribution in [0.2, 0.25) is 0 Å². The summed E-state index contributed by atoms with van der Waals surface area (Å²) in [7, 11) is 0. The standard InChI is InChI=1S/C23H24F3N5O2/c1-16(30-10-7-23(25,26)20(13-30)18-5-8-31(33)9-6-18)22(32)28-21-14-29(15-27-21)12-17-3-2-4-19(24)11-17/h2-6,8-9,11,14-16,20H,7,10,12-13H2,1H3,(H-,28,32,33)/p+1/t16-,20+/m0/s1. The van der Waals surface area contributed by atoms with Crippen molar-refractivity contribution in [2.45, 2.75) is 37.8 Å². The Balaban J connectivity index is 1.39. The van der Waals surface area contributed by atoms with Gasteiger partial charge in [-0.3, -0.25) is 14.9 Å². The first-order chi connectivity index (χ1) is 15.7. The molecule has 1 fully saturated rings. The highest BCUT2D eigenvalue weighted by atomic mass is 19.3. The van der Waals surface area contributed by atoms with Gasteiger partial charge in [0.15, 0.2) is 5.82 Å². The lowest BCUT2D eigenvalue weighted by Gasteiger charge is -2.40. The van der Waals surface area contributed by atoms with E-state index in [0.29, 0.717) is 17.9 Å². The van der Waals surface area contributed by atoms with Gasteiger partial charge in [-0.05, 0) is 30.2 Å². The van der Waals surface area contributed by atoms with E-state index in [1.165, 1.54) is 43.0 Å². The molecule has 0 saturated carbocycles. The van der Waals surface area contributed by atoms with Crippen LogP contribution in [0, 0.1) is 5.82 Å². The van der Waals surface area contributed by atoms with Crippen molar-refractivity contribution in [1.82, 2.24) is 14.5 Å². The van der Waals surface area contributed by atoms with Crippen LogP contribution in [0.1, 0.15) is 30.4 Å². The Morgan fingerprint density at radius 3 is 2.82 bits per heavy atom. The number of rotatable bonds is 6. The monoisotopic (exact) mass is 460 g/mol. The quantitative estimate of drug-likeness (QED) is 0.438. The summed E-state index contributed by atoms with van der Waals surface area (Å²) in [4.78, 5) is 18.7. The molecule has 2 atom stereocenters. The number of amides is 1. The van der Waals surface area contributed by atoms with E-state index < -0.39 is 17.9 Å². The number of benzene rings is 1. The maximum atomic E-state index is 14.6. The predicted octanol–water partition coefficient (Wildman–Crippen LogP) is 3.05. The summed E-state index contributed by atoms with van der Waals surface area (Å²) in [5, 5.41) is 12.1. The van der Waals surface area contributed by atoms with E-state index in [0.717, 1.165) is 10.3 Å². The van der Waals surface area contributed by atoms with Crippen molar-refractivity contribution >= 4 is 11.7 Å². The molecule has 0 aliphatic carbocycles. The Bertz CT molecular complexity index is 1120. The van der Waals surface area contributed by atoms with Gasteiger partial charge in [-0.2, -0.15) is 0 Å². The smallest absolute Gasteiger partial charge is 0.257 e. The highest BCUT2D eigenvalue weighted by Gasteiger charge is 2.46. The van der Waals surface area contributed by atoms with E-state index >= 15 is 0 Å². The van der Waals surface area contributed by atoms with E-state index in [9.17, 15) is 23.2 Å². The summed E-state index contributed by atoms with van der Waals surface area (Å²) in [6.07, 6.45) is 5.41. The third-order valence-electron chi connectivity index (χ3n) is 5.97. The minimum atomic E-state index is -2.91. The largest absolute Gasteiger partial charge is 0.331 e. The molecule has 7 nitrogen and oxygen atoms in total. The number of anilines is 1. The number of nitrogens with one attached hydrogen (secondary N) is 1.